The summed E-state index contributed by atoms with van der Waals surface area (Å²) in [5.74, 6) is -0.433. The van der Waals surface area contributed by atoms with E-state index < -0.39 is 15.8 Å². The molecule has 0 aliphatic carbocycles. The summed E-state index contributed by atoms with van der Waals surface area (Å²) in [6.07, 6.45) is 0. The third-order valence-electron chi connectivity index (χ3n) is 1.90. The smallest absolute Gasteiger partial charge is 0.215 e. The zero-order valence-corrected chi connectivity index (χ0v) is 9.27. The second-order valence-electron chi connectivity index (χ2n) is 2.92. The number of hydrogen-bond acceptors (Lipinski definition) is 3. The fourth-order valence-corrected chi connectivity index (χ4v) is 1.92. The second kappa shape index (κ2) is 4.59. The molecule has 0 aliphatic heterocycles. The number of halogens is 1. The first kappa shape index (κ1) is 11.9. The van der Waals surface area contributed by atoms with E-state index in [1.165, 1.54) is 26.3 Å². The van der Waals surface area contributed by atoms with E-state index in [-0.39, 0.29) is 5.75 Å². The lowest BCUT2D eigenvalue weighted by atomic mass is 10.2. The van der Waals surface area contributed by atoms with E-state index >= 15 is 0 Å². The molecule has 1 rings (SSSR count). The van der Waals surface area contributed by atoms with Crippen LogP contribution in [0.15, 0.2) is 18.2 Å². The van der Waals surface area contributed by atoms with Gasteiger partial charge in [-0.05, 0) is 25.2 Å². The van der Waals surface area contributed by atoms with Gasteiger partial charge in [0, 0.05) is 5.56 Å². The molecule has 1 aromatic rings. The topological polar surface area (TPSA) is 55.4 Å². The van der Waals surface area contributed by atoms with Crippen molar-refractivity contribution in [1.82, 2.24) is 4.72 Å². The van der Waals surface area contributed by atoms with Gasteiger partial charge in [0.15, 0.2) is 0 Å². The van der Waals surface area contributed by atoms with Gasteiger partial charge in [-0.3, -0.25) is 0 Å². The van der Waals surface area contributed by atoms with Gasteiger partial charge in [0.1, 0.15) is 11.6 Å². The van der Waals surface area contributed by atoms with Gasteiger partial charge >= 0.3 is 0 Å². The van der Waals surface area contributed by atoms with Crippen LogP contribution in [0, 0.1) is 5.82 Å². The van der Waals surface area contributed by atoms with Crippen molar-refractivity contribution < 1.29 is 17.5 Å². The highest BCUT2D eigenvalue weighted by Crippen LogP contribution is 2.21. The molecule has 84 valence electrons. The van der Waals surface area contributed by atoms with Crippen molar-refractivity contribution in [3.05, 3.63) is 29.6 Å². The summed E-state index contributed by atoms with van der Waals surface area (Å²) >= 11 is 0. The molecule has 0 atom stereocenters. The van der Waals surface area contributed by atoms with E-state index in [1.54, 1.807) is 0 Å². The summed E-state index contributed by atoms with van der Waals surface area (Å²) in [6, 6.07) is 3.76. The molecule has 0 unspecified atom stereocenters. The standard InChI is InChI=1S/C9H12FNO3S/c1-11-15(12,13)6-7-5-8(10)3-4-9(7)14-2/h3-5,11H,6H2,1-2H3. The van der Waals surface area contributed by atoms with Gasteiger partial charge in [0.05, 0.1) is 12.9 Å². The van der Waals surface area contributed by atoms with Gasteiger partial charge in [0.25, 0.3) is 0 Å². The first-order chi connectivity index (χ1) is 6.98. The minimum Gasteiger partial charge on any atom is -0.496 e. The Morgan fingerprint density at radius 2 is 2.13 bits per heavy atom. The second-order valence-corrected chi connectivity index (χ2v) is 4.85. The summed E-state index contributed by atoms with van der Waals surface area (Å²) in [6.45, 7) is 0. The Morgan fingerprint density at radius 3 is 2.67 bits per heavy atom. The van der Waals surface area contributed by atoms with E-state index in [0.717, 1.165) is 6.07 Å². The molecule has 0 fully saturated rings. The minimum atomic E-state index is -3.42. The Labute approximate surface area is 88.1 Å². The number of nitrogens with one attached hydrogen (secondary N) is 1. The molecular weight excluding hydrogens is 221 g/mol. The lowest BCUT2D eigenvalue weighted by molar-refractivity contribution is 0.409. The van der Waals surface area contributed by atoms with Crippen LogP contribution in [0.2, 0.25) is 0 Å². The van der Waals surface area contributed by atoms with Crippen molar-refractivity contribution in [3.63, 3.8) is 0 Å². The van der Waals surface area contributed by atoms with Crippen molar-refractivity contribution in [2.45, 2.75) is 5.75 Å². The van der Waals surface area contributed by atoms with Crippen molar-refractivity contribution in [2.75, 3.05) is 14.2 Å². The van der Waals surface area contributed by atoms with Gasteiger partial charge in [-0.2, -0.15) is 0 Å². The SMILES string of the molecule is CNS(=O)(=O)Cc1cc(F)ccc1OC. The first-order valence-corrected chi connectivity index (χ1v) is 5.87. The summed E-state index contributed by atoms with van der Waals surface area (Å²) in [5.41, 5.74) is 0.298. The van der Waals surface area contributed by atoms with Gasteiger partial charge in [-0.1, -0.05) is 0 Å². The predicted molar refractivity (Wildman–Crippen MR) is 54.6 cm³/mol. The average molecular weight is 233 g/mol. The molecular formula is C9H12FNO3S. The summed E-state index contributed by atoms with van der Waals surface area (Å²) in [5, 5.41) is 0. The highest BCUT2D eigenvalue weighted by molar-refractivity contribution is 7.88. The Bertz CT molecular complexity index is 445. The largest absolute Gasteiger partial charge is 0.496 e. The van der Waals surface area contributed by atoms with Crippen LogP contribution >= 0.6 is 0 Å². The van der Waals surface area contributed by atoms with Crippen molar-refractivity contribution in [2.24, 2.45) is 0 Å². The number of hydrogen-bond donors (Lipinski definition) is 1. The first-order valence-electron chi connectivity index (χ1n) is 4.22. The van der Waals surface area contributed by atoms with Crippen molar-refractivity contribution in [1.29, 1.82) is 0 Å². The molecule has 0 aromatic heterocycles. The quantitative estimate of drug-likeness (QED) is 0.840. The van der Waals surface area contributed by atoms with E-state index in [0.29, 0.717) is 11.3 Å². The monoisotopic (exact) mass is 233 g/mol. The maximum atomic E-state index is 12.9. The molecule has 0 saturated carbocycles. The fraction of sp³-hybridized carbons (Fsp3) is 0.333. The molecule has 15 heavy (non-hydrogen) atoms. The van der Waals surface area contributed by atoms with Crippen LogP contribution in [0.5, 0.6) is 5.75 Å². The van der Waals surface area contributed by atoms with E-state index in [2.05, 4.69) is 4.72 Å². The molecule has 1 N–H and O–H groups in total. The number of sulfonamides is 1. The third-order valence-corrected chi connectivity index (χ3v) is 3.21. The van der Waals surface area contributed by atoms with Crippen molar-refractivity contribution >= 4 is 10.0 Å². The van der Waals surface area contributed by atoms with Crippen LogP contribution < -0.4 is 9.46 Å². The van der Waals surface area contributed by atoms with E-state index in [1.807, 2.05) is 0 Å². The number of rotatable bonds is 4. The lowest BCUT2D eigenvalue weighted by Gasteiger charge is -2.08. The third kappa shape index (κ3) is 3.17. The van der Waals surface area contributed by atoms with Crippen LogP contribution in [0.3, 0.4) is 0 Å². The number of benzene rings is 1. The van der Waals surface area contributed by atoms with E-state index in [4.69, 9.17) is 4.74 Å². The maximum Gasteiger partial charge on any atom is 0.215 e. The molecule has 1 aromatic carbocycles. The minimum absolute atomic E-state index is 0.298. The zero-order chi connectivity index (χ0) is 11.5. The lowest BCUT2D eigenvalue weighted by Crippen LogP contribution is -2.20. The zero-order valence-electron chi connectivity index (χ0n) is 8.45. The van der Waals surface area contributed by atoms with Gasteiger partial charge in [-0.15, -0.1) is 0 Å². The van der Waals surface area contributed by atoms with E-state index in [9.17, 15) is 12.8 Å². The normalized spacial score (nSPS) is 11.4. The molecule has 0 bridgehead atoms. The summed E-state index contributed by atoms with van der Waals surface area (Å²) in [4.78, 5) is 0. The van der Waals surface area contributed by atoms with Crippen LogP contribution in [-0.2, 0) is 15.8 Å². The maximum absolute atomic E-state index is 12.9. The molecule has 0 radical (unpaired) electrons. The molecule has 6 heteroatoms. The average Bonchev–Trinajstić information content (AvgIpc) is 2.18. The fourth-order valence-electron chi connectivity index (χ4n) is 1.14. The molecule has 0 saturated heterocycles. The van der Waals surface area contributed by atoms with Crippen molar-refractivity contribution in [3.8, 4) is 5.75 Å². The molecule has 0 spiro atoms. The Morgan fingerprint density at radius 1 is 1.47 bits per heavy atom. The Hall–Kier alpha value is -1.14. The summed E-state index contributed by atoms with van der Waals surface area (Å²) < 4.78 is 42.5. The molecule has 0 amide bonds. The Balaban J connectivity index is 3.08. The molecule has 4 nitrogen and oxygen atoms in total. The van der Waals surface area contributed by atoms with Crippen LogP contribution in [-0.4, -0.2) is 22.6 Å². The highest BCUT2D eigenvalue weighted by atomic mass is 32.2. The van der Waals surface area contributed by atoms with Gasteiger partial charge in [-0.25, -0.2) is 17.5 Å². The van der Waals surface area contributed by atoms with Crippen LogP contribution in [0.4, 0.5) is 4.39 Å². The predicted octanol–water partition coefficient (Wildman–Crippen LogP) is 0.883. The molecule has 0 aliphatic rings. The number of ether oxygens (including phenoxy) is 1. The summed E-state index contributed by atoms with van der Waals surface area (Å²) in [7, 11) is -0.706. The van der Waals surface area contributed by atoms with Crippen LogP contribution in [0.1, 0.15) is 5.56 Å². The Kier molecular flexibility index (Phi) is 3.65. The molecule has 0 heterocycles. The van der Waals surface area contributed by atoms with Gasteiger partial charge in [0.2, 0.25) is 10.0 Å². The van der Waals surface area contributed by atoms with Crippen LogP contribution in [0.25, 0.3) is 0 Å². The number of methoxy groups -OCH3 is 1. The van der Waals surface area contributed by atoms with Gasteiger partial charge < -0.3 is 4.74 Å². The highest BCUT2D eigenvalue weighted by Gasteiger charge is 2.13.